The van der Waals surface area contributed by atoms with Crippen LogP contribution in [-0.2, 0) is 10.0 Å². The molecule has 3 heterocycles. The van der Waals surface area contributed by atoms with Crippen molar-refractivity contribution in [3.05, 3.63) is 72.5 Å². The number of nitrogens with one attached hydrogen (secondary N) is 3. The van der Waals surface area contributed by atoms with Gasteiger partial charge >= 0.3 is 0 Å². The zero-order chi connectivity index (χ0) is 21.4. The normalized spacial score (nSPS) is 22.4. The molecule has 3 aromatic rings. The molecule has 3 N–H and O–H groups in total. The Hall–Kier alpha value is -3.10. The van der Waals surface area contributed by atoms with Crippen molar-refractivity contribution < 1.29 is 17.6 Å². The maximum absolute atomic E-state index is 12.6. The highest BCUT2D eigenvalue weighted by Crippen LogP contribution is 2.29. The van der Waals surface area contributed by atoms with Gasteiger partial charge in [-0.1, -0.05) is 30.3 Å². The highest BCUT2D eigenvalue weighted by atomic mass is 32.2. The van der Waals surface area contributed by atoms with E-state index in [-0.39, 0.29) is 22.6 Å². The molecule has 1 amide bonds. The van der Waals surface area contributed by atoms with Gasteiger partial charge in [0.05, 0.1) is 4.90 Å². The summed E-state index contributed by atoms with van der Waals surface area (Å²) in [4.78, 5) is 12.8. The molecule has 2 bridgehead atoms. The van der Waals surface area contributed by atoms with E-state index in [9.17, 15) is 13.2 Å². The highest BCUT2D eigenvalue weighted by molar-refractivity contribution is 7.92. The Kier molecular flexibility index (Phi) is 5.03. The molecule has 31 heavy (non-hydrogen) atoms. The van der Waals surface area contributed by atoms with Crippen LogP contribution in [-0.4, -0.2) is 32.5 Å². The number of carbonyl (C=O) groups excluding carboxylic acids is 1. The van der Waals surface area contributed by atoms with E-state index < -0.39 is 10.0 Å². The number of furan rings is 1. The summed E-state index contributed by atoms with van der Waals surface area (Å²) < 4.78 is 33.5. The van der Waals surface area contributed by atoms with Crippen LogP contribution in [0.4, 0.5) is 5.69 Å². The predicted octanol–water partition coefficient (Wildman–Crippen LogP) is 3.37. The van der Waals surface area contributed by atoms with E-state index in [1.807, 2.05) is 0 Å². The van der Waals surface area contributed by atoms with Crippen LogP contribution in [0.25, 0.3) is 11.3 Å². The average Bonchev–Trinajstić information content (AvgIpc) is 3.51. The monoisotopic (exact) mass is 437 g/mol. The van der Waals surface area contributed by atoms with Crippen LogP contribution in [0.15, 0.2) is 76.0 Å². The molecule has 2 fully saturated rings. The number of hydrogen-bond acceptors (Lipinski definition) is 5. The first-order chi connectivity index (χ1) is 15.0. The number of hydrogen-bond donors (Lipinski definition) is 3. The summed E-state index contributed by atoms with van der Waals surface area (Å²) >= 11 is 0. The van der Waals surface area contributed by atoms with Crippen molar-refractivity contribution in [1.82, 2.24) is 10.6 Å². The van der Waals surface area contributed by atoms with E-state index in [1.54, 1.807) is 54.6 Å². The molecule has 1 aromatic heterocycles. The van der Waals surface area contributed by atoms with Gasteiger partial charge in [0, 0.05) is 29.4 Å². The molecule has 160 valence electrons. The molecule has 2 saturated heterocycles. The summed E-state index contributed by atoms with van der Waals surface area (Å²) in [5.41, 5.74) is 1.09. The molecule has 2 aromatic carbocycles. The lowest BCUT2D eigenvalue weighted by Crippen LogP contribution is -2.42. The maximum Gasteiger partial charge on any atom is 0.287 e. The van der Waals surface area contributed by atoms with Crippen LogP contribution >= 0.6 is 0 Å². The number of sulfonamides is 1. The summed E-state index contributed by atoms with van der Waals surface area (Å²) in [5.74, 6) is 0.511. The maximum atomic E-state index is 12.6. The second-order valence-corrected chi connectivity index (χ2v) is 9.71. The number of carbonyl (C=O) groups is 1. The lowest BCUT2D eigenvalue weighted by atomic mass is 9.95. The average molecular weight is 438 g/mol. The fraction of sp³-hybridized carbons (Fsp3) is 0.261. The minimum atomic E-state index is -3.69. The highest BCUT2D eigenvalue weighted by Gasteiger charge is 2.40. The second kappa shape index (κ2) is 7.86. The fourth-order valence-electron chi connectivity index (χ4n) is 4.39. The SMILES string of the molecule is O=C(NC1CC2CCC1N2)c1ccc(-c2cccc(NS(=O)(=O)c3ccccc3)c2)o1. The minimum absolute atomic E-state index is 0.135. The molecule has 3 atom stereocenters. The van der Waals surface area contributed by atoms with Crippen molar-refractivity contribution >= 4 is 21.6 Å². The first-order valence-electron chi connectivity index (χ1n) is 10.3. The zero-order valence-electron chi connectivity index (χ0n) is 16.7. The first-order valence-corrected chi connectivity index (χ1v) is 11.8. The van der Waals surface area contributed by atoms with Crippen molar-refractivity contribution in [2.75, 3.05) is 4.72 Å². The molecule has 0 radical (unpaired) electrons. The smallest absolute Gasteiger partial charge is 0.287 e. The standard InChI is InChI=1S/C23H23N3O4S/c27-23(25-20-14-16-9-10-19(20)24-16)22-12-11-21(30-22)15-5-4-6-17(13-15)26-31(28,29)18-7-2-1-3-8-18/h1-8,11-13,16,19-20,24,26H,9-10,14H2,(H,25,27). The Morgan fingerprint density at radius 1 is 1.00 bits per heavy atom. The molecule has 0 saturated carbocycles. The lowest BCUT2D eigenvalue weighted by molar-refractivity contribution is 0.0903. The van der Waals surface area contributed by atoms with Crippen LogP contribution < -0.4 is 15.4 Å². The Morgan fingerprint density at radius 2 is 1.84 bits per heavy atom. The van der Waals surface area contributed by atoms with Crippen molar-refractivity contribution in [3.8, 4) is 11.3 Å². The lowest BCUT2D eigenvalue weighted by Gasteiger charge is -2.20. The molecule has 0 spiro atoms. The van der Waals surface area contributed by atoms with Gasteiger partial charge in [-0.2, -0.15) is 0 Å². The van der Waals surface area contributed by atoms with Gasteiger partial charge in [-0.05, 0) is 55.7 Å². The van der Waals surface area contributed by atoms with E-state index >= 15 is 0 Å². The van der Waals surface area contributed by atoms with E-state index in [0.717, 1.165) is 12.8 Å². The third-order valence-electron chi connectivity index (χ3n) is 5.90. The minimum Gasteiger partial charge on any atom is -0.451 e. The summed E-state index contributed by atoms with van der Waals surface area (Å²) in [7, 11) is -3.69. The predicted molar refractivity (Wildman–Crippen MR) is 117 cm³/mol. The first kappa shape index (κ1) is 19.8. The largest absolute Gasteiger partial charge is 0.451 e. The molecule has 0 aliphatic carbocycles. The van der Waals surface area contributed by atoms with Crippen LogP contribution in [0.5, 0.6) is 0 Å². The molecule has 5 rings (SSSR count). The molecular weight excluding hydrogens is 414 g/mol. The van der Waals surface area contributed by atoms with Crippen LogP contribution in [0.2, 0.25) is 0 Å². The summed E-state index contributed by atoms with van der Waals surface area (Å²) in [5, 5.41) is 6.57. The summed E-state index contributed by atoms with van der Waals surface area (Å²) in [6, 6.07) is 19.4. The van der Waals surface area contributed by atoms with Gasteiger partial charge in [0.1, 0.15) is 5.76 Å². The zero-order valence-corrected chi connectivity index (χ0v) is 17.6. The van der Waals surface area contributed by atoms with E-state index in [2.05, 4.69) is 15.4 Å². The Bertz CT molecular complexity index is 1210. The van der Waals surface area contributed by atoms with Crippen molar-refractivity contribution in [3.63, 3.8) is 0 Å². The van der Waals surface area contributed by atoms with E-state index in [4.69, 9.17) is 4.42 Å². The molecule has 7 nitrogen and oxygen atoms in total. The Balaban J connectivity index is 1.30. The van der Waals surface area contributed by atoms with E-state index in [0.29, 0.717) is 29.1 Å². The van der Waals surface area contributed by atoms with Crippen molar-refractivity contribution in [1.29, 1.82) is 0 Å². The van der Waals surface area contributed by atoms with Gasteiger partial charge in [-0.3, -0.25) is 9.52 Å². The number of rotatable bonds is 6. The Morgan fingerprint density at radius 3 is 2.58 bits per heavy atom. The summed E-state index contributed by atoms with van der Waals surface area (Å²) in [6.45, 7) is 0. The van der Waals surface area contributed by atoms with Crippen molar-refractivity contribution in [2.45, 2.75) is 42.3 Å². The number of amides is 1. The van der Waals surface area contributed by atoms with E-state index in [1.165, 1.54) is 18.6 Å². The van der Waals surface area contributed by atoms with Crippen LogP contribution in [0.3, 0.4) is 0 Å². The Labute approximate surface area is 180 Å². The molecular formula is C23H23N3O4S. The quantitative estimate of drug-likeness (QED) is 0.549. The topological polar surface area (TPSA) is 100 Å². The second-order valence-electron chi connectivity index (χ2n) is 8.03. The third-order valence-corrected chi connectivity index (χ3v) is 7.30. The van der Waals surface area contributed by atoms with Gasteiger partial charge in [0.25, 0.3) is 15.9 Å². The fourth-order valence-corrected chi connectivity index (χ4v) is 5.46. The van der Waals surface area contributed by atoms with Gasteiger partial charge in [-0.25, -0.2) is 8.42 Å². The number of fused-ring (bicyclic) bond motifs is 2. The molecule has 2 aliphatic rings. The molecule has 2 aliphatic heterocycles. The van der Waals surface area contributed by atoms with Gasteiger partial charge < -0.3 is 15.1 Å². The van der Waals surface area contributed by atoms with Crippen LogP contribution in [0.1, 0.15) is 29.8 Å². The van der Waals surface area contributed by atoms with Crippen molar-refractivity contribution in [2.24, 2.45) is 0 Å². The number of benzene rings is 2. The van der Waals surface area contributed by atoms with Crippen LogP contribution in [0, 0.1) is 0 Å². The van der Waals surface area contributed by atoms with Gasteiger partial charge in [0.2, 0.25) is 0 Å². The summed E-state index contributed by atoms with van der Waals surface area (Å²) in [6.07, 6.45) is 3.21. The molecule has 8 heteroatoms. The number of anilines is 1. The molecule has 3 unspecified atom stereocenters. The van der Waals surface area contributed by atoms with Gasteiger partial charge in [-0.15, -0.1) is 0 Å². The third kappa shape index (κ3) is 4.08. The van der Waals surface area contributed by atoms with Gasteiger partial charge in [0.15, 0.2) is 5.76 Å².